The molecule has 0 unspecified atom stereocenters. The van der Waals surface area contributed by atoms with E-state index in [1.54, 1.807) is 13.2 Å². The van der Waals surface area contributed by atoms with Crippen LogP contribution in [0.1, 0.15) is 24.1 Å². The third-order valence-electron chi connectivity index (χ3n) is 3.86. The summed E-state index contributed by atoms with van der Waals surface area (Å²) in [7, 11) is 1.78. The zero-order valence-corrected chi connectivity index (χ0v) is 14.2. The van der Waals surface area contributed by atoms with E-state index in [0.29, 0.717) is 23.3 Å². The predicted molar refractivity (Wildman–Crippen MR) is 94.3 cm³/mol. The van der Waals surface area contributed by atoms with Gasteiger partial charge in [-0.2, -0.15) is 4.98 Å². The normalized spacial score (nSPS) is 14.1. The first kappa shape index (κ1) is 15.8. The van der Waals surface area contributed by atoms with Crippen molar-refractivity contribution in [1.29, 1.82) is 0 Å². The number of anilines is 3. The summed E-state index contributed by atoms with van der Waals surface area (Å²) >= 11 is 6.00. The molecule has 7 heteroatoms. The van der Waals surface area contributed by atoms with E-state index in [1.165, 1.54) is 18.4 Å². The van der Waals surface area contributed by atoms with Crippen LogP contribution in [0.4, 0.5) is 17.6 Å². The highest BCUT2D eigenvalue weighted by molar-refractivity contribution is 6.32. The second kappa shape index (κ2) is 7.00. The minimum Gasteiger partial charge on any atom is -0.372 e. The predicted octanol–water partition coefficient (Wildman–Crippen LogP) is 3.09. The average Bonchev–Trinajstić information content (AvgIpc) is 3.08. The van der Waals surface area contributed by atoms with Crippen molar-refractivity contribution >= 4 is 29.2 Å². The first-order valence-electron chi connectivity index (χ1n) is 7.82. The van der Waals surface area contributed by atoms with E-state index >= 15 is 0 Å². The molecule has 0 bridgehead atoms. The lowest BCUT2D eigenvalue weighted by atomic mass is 10.2. The molecule has 0 amide bonds. The Morgan fingerprint density at radius 2 is 2.00 bits per heavy atom. The van der Waals surface area contributed by atoms with Crippen LogP contribution in [0.3, 0.4) is 0 Å². The zero-order valence-electron chi connectivity index (χ0n) is 13.4. The molecule has 0 aromatic carbocycles. The van der Waals surface area contributed by atoms with E-state index in [1.807, 2.05) is 6.92 Å². The summed E-state index contributed by atoms with van der Waals surface area (Å²) in [5.41, 5.74) is 2.20. The summed E-state index contributed by atoms with van der Waals surface area (Å²) in [6, 6.07) is 4.22. The minimum absolute atomic E-state index is 0.508. The zero-order chi connectivity index (χ0) is 16.2. The van der Waals surface area contributed by atoms with Crippen molar-refractivity contribution in [2.24, 2.45) is 0 Å². The summed E-state index contributed by atoms with van der Waals surface area (Å²) in [6.07, 6.45) is 4.08. The highest BCUT2D eigenvalue weighted by Gasteiger charge is 2.14. The number of hydrogen-bond acceptors (Lipinski definition) is 6. The van der Waals surface area contributed by atoms with Crippen LogP contribution in [0.5, 0.6) is 0 Å². The van der Waals surface area contributed by atoms with Crippen molar-refractivity contribution in [2.45, 2.75) is 26.3 Å². The molecule has 0 aliphatic carbocycles. The lowest BCUT2D eigenvalue weighted by Crippen LogP contribution is -2.19. The number of nitrogens with one attached hydrogen (secondary N) is 2. The van der Waals surface area contributed by atoms with Gasteiger partial charge < -0.3 is 15.5 Å². The fourth-order valence-electron chi connectivity index (χ4n) is 2.74. The maximum absolute atomic E-state index is 6.00. The van der Waals surface area contributed by atoms with Gasteiger partial charge in [0.15, 0.2) is 0 Å². The molecule has 1 aliphatic heterocycles. The second-order valence-electron chi connectivity index (χ2n) is 5.66. The number of pyridine rings is 1. The Bertz CT molecular complexity index is 684. The van der Waals surface area contributed by atoms with Gasteiger partial charge in [0.05, 0.1) is 6.20 Å². The molecule has 1 saturated heterocycles. The molecular formula is C16H21ClN6. The molecule has 3 rings (SSSR count). The minimum atomic E-state index is 0.508. The van der Waals surface area contributed by atoms with E-state index in [4.69, 9.17) is 11.6 Å². The van der Waals surface area contributed by atoms with Gasteiger partial charge in [-0.1, -0.05) is 11.6 Å². The van der Waals surface area contributed by atoms with Gasteiger partial charge in [0.2, 0.25) is 5.95 Å². The second-order valence-corrected chi connectivity index (χ2v) is 6.07. The van der Waals surface area contributed by atoms with Gasteiger partial charge in [0, 0.05) is 32.4 Å². The Hall–Kier alpha value is -2.08. The van der Waals surface area contributed by atoms with Crippen LogP contribution in [-0.2, 0) is 6.54 Å². The molecule has 0 radical (unpaired) electrons. The fourth-order valence-corrected chi connectivity index (χ4v) is 2.93. The Kier molecular flexibility index (Phi) is 4.81. The largest absolute Gasteiger partial charge is 0.372 e. The Labute approximate surface area is 141 Å². The standard InChI is InChI=1S/C16H21ClN6/c1-11-7-12(8-14(21-11)23-5-3-4-6-23)9-19-16-20-10-13(17)15(18-2)22-16/h7-8,10H,3-6,9H2,1-2H3,(H2,18,19,20,22). The first-order chi connectivity index (χ1) is 11.2. The topological polar surface area (TPSA) is 66.0 Å². The van der Waals surface area contributed by atoms with Gasteiger partial charge in [-0.25, -0.2) is 9.97 Å². The number of aromatic nitrogens is 3. The number of halogens is 1. The molecule has 0 saturated carbocycles. The van der Waals surface area contributed by atoms with Crippen LogP contribution in [0, 0.1) is 6.92 Å². The molecule has 2 aromatic heterocycles. The van der Waals surface area contributed by atoms with Crippen LogP contribution >= 0.6 is 11.6 Å². The van der Waals surface area contributed by atoms with Crippen LogP contribution in [0.2, 0.25) is 5.02 Å². The van der Waals surface area contributed by atoms with Crippen molar-refractivity contribution < 1.29 is 0 Å². The van der Waals surface area contributed by atoms with Gasteiger partial charge in [-0.3, -0.25) is 0 Å². The molecule has 122 valence electrons. The number of hydrogen-bond donors (Lipinski definition) is 2. The van der Waals surface area contributed by atoms with Crippen molar-refractivity contribution in [2.75, 3.05) is 35.7 Å². The Morgan fingerprint density at radius 3 is 2.74 bits per heavy atom. The number of rotatable bonds is 5. The highest BCUT2D eigenvalue weighted by atomic mass is 35.5. The Morgan fingerprint density at radius 1 is 1.22 bits per heavy atom. The van der Waals surface area contributed by atoms with Crippen LogP contribution in [-0.4, -0.2) is 35.1 Å². The highest BCUT2D eigenvalue weighted by Crippen LogP contribution is 2.21. The summed E-state index contributed by atoms with van der Waals surface area (Å²) < 4.78 is 0. The third-order valence-corrected chi connectivity index (χ3v) is 4.14. The third kappa shape index (κ3) is 3.82. The number of aryl methyl sites for hydroxylation is 1. The van der Waals surface area contributed by atoms with Gasteiger partial charge in [-0.15, -0.1) is 0 Å². The fraction of sp³-hybridized carbons (Fsp3) is 0.438. The summed E-state index contributed by atoms with van der Waals surface area (Å²) in [6.45, 7) is 4.86. The molecule has 2 aromatic rings. The molecule has 2 N–H and O–H groups in total. The van der Waals surface area contributed by atoms with E-state index in [2.05, 4.69) is 42.6 Å². The van der Waals surface area contributed by atoms with Gasteiger partial charge in [0.1, 0.15) is 16.7 Å². The van der Waals surface area contributed by atoms with Gasteiger partial charge in [0.25, 0.3) is 0 Å². The smallest absolute Gasteiger partial charge is 0.224 e. The van der Waals surface area contributed by atoms with Gasteiger partial charge in [-0.05, 0) is 37.5 Å². The molecule has 0 spiro atoms. The molecule has 23 heavy (non-hydrogen) atoms. The van der Waals surface area contributed by atoms with E-state index in [9.17, 15) is 0 Å². The first-order valence-corrected chi connectivity index (χ1v) is 8.20. The molecular weight excluding hydrogens is 312 g/mol. The summed E-state index contributed by atoms with van der Waals surface area (Å²) in [5, 5.41) is 6.70. The molecule has 1 aliphatic rings. The van der Waals surface area contributed by atoms with Crippen molar-refractivity contribution in [3.63, 3.8) is 0 Å². The quantitative estimate of drug-likeness (QED) is 0.877. The van der Waals surface area contributed by atoms with E-state index in [0.717, 1.165) is 24.6 Å². The van der Waals surface area contributed by atoms with Crippen LogP contribution in [0.25, 0.3) is 0 Å². The number of nitrogens with zero attached hydrogens (tertiary/aromatic N) is 4. The molecule has 6 nitrogen and oxygen atoms in total. The lowest BCUT2D eigenvalue weighted by molar-refractivity contribution is 0.921. The van der Waals surface area contributed by atoms with Crippen LogP contribution in [0.15, 0.2) is 18.3 Å². The lowest BCUT2D eigenvalue weighted by Gasteiger charge is -2.18. The molecule has 3 heterocycles. The van der Waals surface area contributed by atoms with Crippen molar-refractivity contribution in [1.82, 2.24) is 15.0 Å². The van der Waals surface area contributed by atoms with E-state index < -0.39 is 0 Å². The monoisotopic (exact) mass is 332 g/mol. The maximum atomic E-state index is 6.00. The maximum Gasteiger partial charge on any atom is 0.224 e. The van der Waals surface area contributed by atoms with Crippen molar-refractivity contribution in [3.05, 3.63) is 34.6 Å². The average molecular weight is 333 g/mol. The summed E-state index contributed by atoms with van der Waals surface area (Å²) in [5.74, 6) is 2.23. The molecule has 1 fully saturated rings. The Balaban J connectivity index is 1.72. The van der Waals surface area contributed by atoms with Gasteiger partial charge >= 0.3 is 0 Å². The summed E-state index contributed by atoms with van der Waals surface area (Å²) in [4.78, 5) is 15.5. The van der Waals surface area contributed by atoms with Crippen LogP contribution < -0.4 is 15.5 Å². The van der Waals surface area contributed by atoms with Crippen molar-refractivity contribution in [3.8, 4) is 0 Å². The SMILES string of the molecule is CNc1nc(NCc2cc(C)nc(N3CCCC3)c2)ncc1Cl. The van der Waals surface area contributed by atoms with E-state index in [-0.39, 0.29) is 0 Å². The molecule has 0 atom stereocenters.